The minimum Gasteiger partial charge on any atom is -0.423 e. The van der Waals surface area contributed by atoms with Gasteiger partial charge in [-0.2, -0.15) is 5.26 Å². The average molecular weight is 482 g/mol. The van der Waals surface area contributed by atoms with Crippen LogP contribution < -0.4 is 10.1 Å². The smallest absolute Gasteiger partial charge is 0.343 e. The monoisotopic (exact) mass is 481 g/mol. The number of esters is 1. The maximum Gasteiger partial charge on any atom is 0.343 e. The fourth-order valence-corrected chi connectivity index (χ4v) is 3.15. The number of carbonyl (C=O) groups is 2. The van der Waals surface area contributed by atoms with Crippen LogP contribution in [0.25, 0.3) is 6.08 Å². The summed E-state index contributed by atoms with van der Waals surface area (Å²) in [6, 6.07) is 17.7. The molecule has 0 bridgehead atoms. The number of anilines is 1. The quantitative estimate of drug-likeness (QED) is 0.121. The third-order valence-electron chi connectivity index (χ3n) is 4.26. The van der Waals surface area contributed by atoms with Crippen molar-refractivity contribution in [2.75, 3.05) is 5.32 Å². The maximum atomic E-state index is 12.5. The van der Waals surface area contributed by atoms with Gasteiger partial charge in [0.2, 0.25) is 0 Å². The number of nitro groups is 1. The first-order chi connectivity index (χ1) is 15.8. The fraction of sp³-hybridized carbons (Fsp3) is 0. The van der Waals surface area contributed by atoms with Crippen LogP contribution in [0.15, 0.2) is 72.3 Å². The number of nitriles is 1. The molecular weight excluding hydrogens is 469 g/mol. The molecule has 1 N–H and O–H groups in total. The number of rotatable bonds is 6. The molecule has 3 aromatic carbocycles. The van der Waals surface area contributed by atoms with Crippen LogP contribution in [0.1, 0.15) is 15.9 Å². The summed E-state index contributed by atoms with van der Waals surface area (Å²) in [5, 5.41) is 23.2. The molecule has 3 rings (SSSR count). The normalized spacial score (nSPS) is 10.8. The Balaban J connectivity index is 1.72. The topological polar surface area (TPSA) is 122 Å². The minimum absolute atomic E-state index is 0.0230. The standard InChI is InChI=1S/C23H13Cl2N3O5/c24-19-5-2-6-20(25)21(19)27-22(29)16(13-26)11-14-7-9-18(10-8-14)33-23(30)15-3-1-4-17(12-15)28(31)32/h1-12H,(H,27,29)/b16-11+. The van der Waals surface area contributed by atoms with Crippen molar-refractivity contribution >= 4 is 52.5 Å². The number of amides is 1. The number of carbonyl (C=O) groups excluding carboxylic acids is 2. The van der Waals surface area contributed by atoms with Gasteiger partial charge in [0.25, 0.3) is 11.6 Å². The summed E-state index contributed by atoms with van der Waals surface area (Å²) in [6.07, 6.45) is 1.34. The number of benzene rings is 3. The van der Waals surface area contributed by atoms with E-state index in [1.165, 1.54) is 48.5 Å². The largest absolute Gasteiger partial charge is 0.423 e. The van der Waals surface area contributed by atoms with Crippen molar-refractivity contribution in [1.82, 2.24) is 0 Å². The molecule has 0 heterocycles. The van der Waals surface area contributed by atoms with E-state index < -0.39 is 16.8 Å². The first-order valence-electron chi connectivity index (χ1n) is 9.22. The zero-order valence-corrected chi connectivity index (χ0v) is 18.1. The number of halogens is 2. The molecule has 0 aliphatic heterocycles. The van der Waals surface area contributed by atoms with E-state index in [0.717, 1.165) is 6.07 Å². The molecule has 0 unspecified atom stereocenters. The zero-order valence-electron chi connectivity index (χ0n) is 16.6. The number of hydrogen-bond donors (Lipinski definition) is 1. The van der Waals surface area contributed by atoms with Crippen molar-refractivity contribution in [3.05, 3.63) is 104 Å². The summed E-state index contributed by atoms with van der Waals surface area (Å²) < 4.78 is 5.22. The summed E-state index contributed by atoms with van der Waals surface area (Å²) in [5.74, 6) is -1.29. The second-order valence-corrected chi connectivity index (χ2v) is 7.30. The highest BCUT2D eigenvalue weighted by molar-refractivity contribution is 6.40. The Kier molecular flexibility index (Phi) is 7.41. The van der Waals surface area contributed by atoms with Crippen LogP contribution in [0, 0.1) is 21.4 Å². The van der Waals surface area contributed by atoms with Crippen molar-refractivity contribution in [2.45, 2.75) is 0 Å². The van der Waals surface area contributed by atoms with Gasteiger partial charge in [0.15, 0.2) is 0 Å². The molecule has 0 fully saturated rings. The first kappa shape index (κ1) is 23.5. The molecule has 10 heteroatoms. The van der Waals surface area contributed by atoms with Gasteiger partial charge in [-0.1, -0.05) is 47.5 Å². The Morgan fingerprint density at radius 2 is 1.67 bits per heavy atom. The summed E-state index contributed by atoms with van der Waals surface area (Å²) in [4.78, 5) is 34.9. The van der Waals surface area contributed by atoms with E-state index in [-0.39, 0.29) is 38.3 Å². The molecule has 3 aromatic rings. The molecule has 164 valence electrons. The zero-order chi connectivity index (χ0) is 24.0. The average Bonchev–Trinajstić information content (AvgIpc) is 2.81. The third kappa shape index (κ3) is 5.95. The Labute approximate surface area is 197 Å². The molecule has 0 radical (unpaired) electrons. The molecule has 1 amide bonds. The Morgan fingerprint density at radius 3 is 2.27 bits per heavy atom. The van der Waals surface area contributed by atoms with Crippen LogP contribution in [-0.2, 0) is 4.79 Å². The SMILES string of the molecule is N#C/C(=C\c1ccc(OC(=O)c2cccc([N+](=O)[O-])c2)cc1)C(=O)Nc1c(Cl)cccc1Cl. The van der Waals surface area contributed by atoms with Crippen LogP contribution in [-0.4, -0.2) is 16.8 Å². The van der Waals surface area contributed by atoms with E-state index in [2.05, 4.69) is 5.32 Å². The van der Waals surface area contributed by atoms with Crippen molar-refractivity contribution in [1.29, 1.82) is 5.26 Å². The van der Waals surface area contributed by atoms with Gasteiger partial charge in [-0.15, -0.1) is 0 Å². The first-order valence-corrected chi connectivity index (χ1v) is 9.98. The van der Waals surface area contributed by atoms with Gasteiger partial charge in [-0.05, 0) is 42.0 Å². The number of nitro benzene ring substituents is 1. The number of hydrogen-bond acceptors (Lipinski definition) is 6. The van der Waals surface area contributed by atoms with Gasteiger partial charge in [0.05, 0.1) is 26.2 Å². The number of nitrogens with zero attached hydrogens (tertiary/aromatic N) is 2. The summed E-state index contributed by atoms with van der Waals surface area (Å²) in [6.45, 7) is 0. The molecule has 33 heavy (non-hydrogen) atoms. The highest BCUT2D eigenvalue weighted by Crippen LogP contribution is 2.30. The van der Waals surface area contributed by atoms with Gasteiger partial charge >= 0.3 is 5.97 Å². The van der Waals surface area contributed by atoms with Crippen molar-refractivity contribution < 1.29 is 19.2 Å². The number of non-ortho nitro benzene ring substituents is 1. The van der Waals surface area contributed by atoms with Crippen LogP contribution in [0.2, 0.25) is 10.0 Å². The van der Waals surface area contributed by atoms with Crippen molar-refractivity contribution in [3.8, 4) is 11.8 Å². The molecule has 0 aliphatic carbocycles. The third-order valence-corrected chi connectivity index (χ3v) is 4.89. The molecule has 0 aliphatic rings. The van der Waals surface area contributed by atoms with E-state index in [4.69, 9.17) is 27.9 Å². The van der Waals surface area contributed by atoms with Crippen LogP contribution in [0.5, 0.6) is 5.75 Å². The van der Waals surface area contributed by atoms with Crippen LogP contribution in [0.4, 0.5) is 11.4 Å². The molecule has 0 saturated carbocycles. The fourth-order valence-electron chi connectivity index (χ4n) is 2.66. The highest BCUT2D eigenvalue weighted by Gasteiger charge is 2.15. The lowest BCUT2D eigenvalue weighted by Gasteiger charge is -2.08. The second-order valence-electron chi connectivity index (χ2n) is 6.49. The van der Waals surface area contributed by atoms with Gasteiger partial charge in [0.1, 0.15) is 17.4 Å². The number of nitrogens with one attached hydrogen (secondary N) is 1. The Hall–Kier alpha value is -4.19. The van der Waals surface area contributed by atoms with Crippen LogP contribution in [0.3, 0.4) is 0 Å². The summed E-state index contributed by atoms with van der Waals surface area (Å²) in [5.41, 5.74) is 0.269. The molecule has 0 spiro atoms. The lowest BCUT2D eigenvalue weighted by molar-refractivity contribution is -0.384. The van der Waals surface area contributed by atoms with Gasteiger partial charge < -0.3 is 10.1 Å². The number of para-hydroxylation sites is 1. The summed E-state index contributed by atoms with van der Waals surface area (Å²) in [7, 11) is 0. The van der Waals surface area contributed by atoms with E-state index in [9.17, 15) is 25.0 Å². The van der Waals surface area contributed by atoms with Gasteiger partial charge in [0, 0.05) is 12.1 Å². The number of ether oxygens (including phenoxy) is 1. The van der Waals surface area contributed by atoms with Crippen LogP contribution >= 0.6 is 23.2 Å². The molecule has 0 aromatic heterocycles. The second kappa shape index (κ2) is 10.4. The summed E-state index contributed by atoms with van der Waals surface area (Å²) >= 11 is 12.1. The maximum absolute atomic E-state index is 12.5. The lowest BCUT2D eigenvalue weighted by Crippen LogP contribution is -2.14. The Bertz CT molecular complexity index is 1290. The van der Waals surface area contributed by atoms with E-state index in [1.807, 2.05) is 6.07 Å². The highest BCUT2D eigenvalue weighted by atomic mass is 35.5. The van der Waals surface area contributed by atoms with E-state index in [0.29, 0.717) is 5.56 Å². The van der Waals surface area contributed by atoms with Gasteiger partial charge in [-0.3, -0.25) is 14.9 Å². The van der Waals surface area contributed by atoms with Crippen molar-refractivity contribution in [2.24, 2.45) is 0 Å². The Morgan fingerprint density at radius 1 is 1.03 bits per heavy atom. The van der Waals surface area contributed by atoms with E-state index in [1.54, 1.807) is 18.2 Å². The molecule has 0 atom stereocenters. The minimum atomic E-state index is -0.768. The lowest BCUT2D eigenvalue weighted by atomic mass is 10.1. The predicted octanol–water partition coefficient (Wildman–Crippen LogP) is 5.67. The van der Waals surface area contributed by atoms with Gasteiger partial charge in [-0.25, -0.2) is 4.79 Å². The van der Waals surface area contributed by atoms with Crippen molar-refractivity contribution in [3.63, 3.8) is 0 Å². The predicted molar refractivity (Wildman–Crippen MR) is 123 cm³/mol. The van der Waals surface area contributed by atoms with E-state index >= 15 is 0 Å². The molecule has 0 saturated heterocycles. The molecular formula is C23H13Cl2N3O5. The molecule has 8 nitrogen and oxygen atoms in total.